The Kier molecular flexibility index (Phi) is 20.2. The lowest BCUT2D eigenvalue weighted by Gasteiger charge is -2.17. The Labute approximate surface area is 428 Å². The van der Waals surface area contributed by atoms with Crippen molar-refractivity contribution in [3.63, 3.8) is 0 Å². The minimum absolute atomic E-state index is 0.0981. The molecular weight excluding hydrogens is 953 g/mol. The molecule has 0 bridgehead atoms. The molecule has 2 aliphatic heterocycles. The van der Waals surface area contributed by atoms with Crippen molar-refractivity contribution < 1.29 is 66.7 Å². The summed E-state index contributed by atoms with van der Waals surface area (Å²) in [4.78, 5) is 75.2. The second-order valence-electron chi connectivity index (χ2n) is 17.4. The Morgan fingerprint density at radius 1 is 0.595 bits per heavy atom. The predicted octanol–water partition coefficient (Wildman–Crippen LogP) is 7.96. The number of carbonyl (C=O) groups is 6. The van der Waals surface area contributed by atoms with E-state index in [-0.39, 0.29) is 54.7 Å². The van der Waals surface area contributed by atoms with Gasteiger partial charge in [0.15, 0.2) is 12.2 Å². The summed E-state index contributed by atoms with van der Waals surface area (Å²) in [6.45, 7) is 9.94. The van der Waals surface area contributed by atoms with Crippen LogP contribution in [0.25, 0.3) is 12.2 Å². The summed E-state index contributed by atoms with van der Waals surface area (Å²) in [5.41, 5.74) is 2.45. The van der Waals surface area contributed by atoms with Gasteiger partial charge in [-0.05, 0) is 129 Å². The van der Waals surface area contributed by atoms with Gasteiger partial charge in [-0.15, -0.1) is 0 Å². The first-order valence-corrected chi connectivity index (χ1v) is 23.9. The largest absolute Gasteiger partial charge is 0.494 e. The summed E-state index contributed by atoms with van der Waals surface area (Å²) in [5, 5.41) is 25.3. The van der Waals surface area contributed by atoms with Crippen LogP contribution in [-0.4, -0.2) is 99.7 Å². The number of ether oxygens (including phenoxy) is 8. The summed E-state index contributed by atoms with van der Waals surface area (Å²) in [5.74, 6) is -2.21. The Balaban J connectivity index is 0.914. The lowest BCUT2D eigenvalue weighted by atomic mass is 10.1. The number of nitriles is 2. The summed E-state index contributed by atoms with van der Waals surface area (Å²) in [7, 11) is 0. The average molecular weight is 1010 g/mol. The molecule has 2 saturated heterocycles. The van der Waals surface area contributed by atoms with Crippen LogP contribution in [-0.2, 0) is 47.6 Å². The van der Waals surface area contributed by atoms with Crippen LogP contribution in [0, 0.1) is 28.6 Å². The SMILES string of the molecule is C=C(C)C(=O)OCCCCOc1ccc(C(=O)Nc2ccc(/C=C(\C#N)C(=O)O[C@@H]3CO[C@H]4[C@@H]3OC[C@@H]4OC(=O)/C(C#N)=C/c3ccc(NC(=O)c4ccc(OCCCCOC(=O)C(C)C)cc4)cc3)cc2)cc1. The van der Waals surface area contributed by atoms with Gasteiger partial charge in [-0.1, -0.05) is 44.7 Å². The normalized spacial score (nSPS) is 16.9. The molecule has 6 rings (SSSR count). The third-order valence-corrected chi connectivity index (χ3v) is 11.3. The molecule has 0 radical (unpaired) electrons. The summed E-state index contributed by atoms with van der Waals surface area (Å²) in [6, 6.07) is 29.9. The van der Waals surface area contributed by atoms with E-state index in [2.05, 4.69) is 17.2 Å². The van der Waals surface area contributed by atoms with Gasteiger partial charge in [0, 0.05) is 28.1 Å². The molecule has 4 aromatic rings. The number of hydrogen-bond donors (Lipinski definition) is 2. The van der Waals surface area contributed by atoms with E-state index in [1.54, 1.807) is 118 Å². The van der Waals surface area contributed by atoms with Gasteiger partial charge in [0.05, 0.1) is 45.6 Å². The Bertz CT molecular complexity index is 2790. The second kappa shape index (κ2) is 27.3. The van der Waals surface area contributed by atoms with E-state index in [1.807, 2.05) is 12.1 Å². The molecule has 2 aliphatic rings. The minimum Gasteiger partial charge on any atom is -0.494 e. The Hall–Kier alpha value is -8.58. The molecule has 384 valence electrons. The molecule has 4 aromatic carbocycles. The van der Waals surface area contributed by atoms with Crippen LogP contribution in [0.3, 0.4) is 0 Å². The Morgan fingerprint density at radius 3 is 1.36 bits per heavy atom. The standard InChI is InChI=1S/C56H56N4O14/c1-35(2)53(63)69-27-7-5-25-67-45-21-13-39(14-22-45)51(61)59-43-17-9-37(10-18-43)29-41(31-57)55(65)73-47-33-71-50-48(34-72-49(47)50)74-56(66)42(32-58)30-38-11-19-44(20-12-38)60-52(62)40-15-23-46(24-16-40)68-26-6-8-28-70-54(64)36(3)4/h9-24,29-30,36,47-50H,1,5-8,25-28,33-34H2,2-4H3,(H,59,61)(H,60,62)/b41-29+,42-30+/t47-,48+,49-,50-/m1/s1. The monoisotopic (exact) mass is 1010 g/mol. The average Bonchev–Trinajstić information content (AvgIpc) is 4.00. The maximum Gasteiger partial charge on any atom is 0.349 e. The van der Waals surface area contributed by atoms with Gasteiger partial charge in [-0.25, -0.2) is 14.4 Å². The van der Waals surface area contributed by atoms with E-state index >= 15 is 0 Å². The number of amides is 2. The van der Waals surface area contributed by atoms with Crippen molar-refractivity contribution in [2.75, 3.05) is 50.3 Å². The molecule has 2 N–H and O–H groups in total. The van der Waals surface area contributed by atoms with Gasteiger partial charge < -0.3 is 48.5 Å². The van der Waals surface area contributed by atoms with Crippen molar-refractivity contribution >= 4 is 59.2 Å². The quantitative estimate of drug-likeness (QED) is 0.0222. The lowest BCUT2D eigenvalue weighted by molar-refractivity contribution is -0.150. The fraction of sp³-hybridized carbons (Fsp3) is 0.321. The smallest absolute Gasteiger partial charge is 0.349 e. The summed E-state index contributed by atoms with van der Waals surface area (Å²) < 4.78 is 44.5. The summed E-state index contributed by atoms with van der Waals surface area (Å²) >= 11 is 0. The first kappa shape index (κ1) is 54.7. The third kappa shape index (κ3) is 16.2. The second-order valence-corrected chi connectivity index (χ2v) is 17.4. The van der Waals surface area contributed by atoms with Gasteiger partial charge in [0.1, 0.15) is 47.0 Å². The van der Waals surface area contributed by atoms with Crippen molar-refractivity contribution in [2.24, 2.45) is 5.92 Å². The zero-order valence-corrected chi connectivity index (χ0v) is 41.2. The van der Waals surface area contributed by atoms with E-state index in [4.69, 9.17) is 37.9 Å². The number of fused-ring (bicyclic) bond motifs is 1. The third-order valence-electron chi connectivity index (χ3n) is 11.3. The van der Waals surface area contributed by atoms with Crippen molar-refractivity contribution in [3.8, 4) is 23.6 Å². The number of hydrogen-bond acceptors (Lipinski definition) is 16. The van der Waals surface area contributed by atoms with E-state index in [0.717, 1.165) is 0 Å². The molecule has 18 nitrogen and oxygen atoms in total. The fourth-order valence-electron chi connectivity index (χ4n) is 7.19. The molecule has 0 aliphatic carbocycles. The fourth-order valence-corrected chi connectivity index (χ4v) is 7.19. The molecule has 0 aromatic heterocycles. The van der Waals surface area contributed by atoms with E-state index in [1.165, 1.54) is 12.2 Å². The number of unbranched alkanes of at least 4 members (excludes halogenated alkanes) is 2. The highest BCUT2D eigenvalue weighted by Crippen LogP contribution is 2.32. The van der Waals surface area contributed by atoms with E-state index in [0.29, 0.717) is 96.2 Å². The van der Waals surface area contributed by atoms with Gasteiger partial charge in [0.2, 0.25) is 0 Å². The van der Waals surface area contributed by atoms with Crippen LogP contribution in [0.15, 0.2) is 120 Å². The van der Waals surface area contributed by atoms with Gasteiger partial charge >= 0.3 is 23.9 Å². The number of anilines is 2. The zero-order valence-electron chi connectivity index (χ0n) is 41.2. The highest BCUT2D eigenvalue weighted by molar-refractivity contribution is 6.05. The first-order valence-electron chi connectivity index (χ1n) is 23.9. The van der Waals surface area contributed by atoms with Crippen LogP contribution >= 0.6 is 0 Å². The van der Waals surface area contributed by atoms with Crippen LogP contribution in [0.1, 0.15) is 78.3 Å². The number of benzene rings is 4. The molecule has 74 heavy (non-hydrogen) atoms. The lowest BCUT2D eigenvalue weighted by Crippen LogP contribution is -2.36. The Morgan fingerprint density at radius 2 is 0.986 bits per heavy atom. The molecule has 0 spiro atoms. The molecular formula is C56H56N4O14. The maximum atomic E-state index is 13.2. The molecule has 2 heterocycles. The molecule has 2 fully saturated rings. The first-order chi connectivity index (χ1) is 35.7. The summed E-state index contributed by atoms with van der Waals surface area (Å²) in [6.07, 6.45) is 1.87. The number of nitrogens with one attached hydrogen (secondary N) is 2. The zero-order chi connectivity index (χ0) is 53.0. The molecule has 0 saturated carbocycles. The van der Waals surface area contributed by atoms with Crippen molar-refractivity contribution in [1.29, 1.82) is 10.5 Å². The topological polar surface area (TPSA) is 248 Å². The minimum atomic E-state index is -0.926. The van der Waals surface area contributed by atoms with Gasteiger partial charge in [0.25, 0.3) is 11.8 Å². The van der Waals surface area contributed by atoms with E-state index in [9.17, 15) is 39.3 Å². The number of esters is 4. The number of nitrogens with zero attached hydrogens (tertiary/aromatic N) is 2. The molecule has 4 atom stereocenters. The van der Waals surface area contributed by atoms with Crippen LogP contribution in [0.2, 0.25) is 0 Å². The van der Waals surface area contributed by atoms with Crippen molar-refractivity contribution in [2.45, 2.75) is 70.9 Å². The van der Waals surface area contributed by atoms with Crippen molar-refractivity contribution in [1.82, 2.24) is 0 Å². The van der Waals surface area contributed by atoms with Crippen LogP contribution in [0.4, 0.5) is 11.4 Å². The van der Waals surface area contributed by atoms with E-state index < -0.39 is 42.3 Å². The van der Waals surface area contributed by atoms with Gasteiger partial charge in [-0.2, -0.15) is 10.5 Å². The highest BCUT2D eigenvalue weighted by Gasteiger charge is 2.51. The van der Waals surface area contributed by atoms with Crippen LogP contribution in [0.5, 0.6) is 11.5 Å². The van der Waals surface area contributed by atoms with Gasteiger partial charge in [-0.3, -0.25) is 14.4 Å². The molecule has 18 heteroatoms. The highest BCUT2D eigenvalue weighted by atomic mass is 16.7. The predicted molar refractivity (Wildman–Crippen MR) is 269 cm³/mol. The number of rotatable bonds is 24. The van der Waals surface area contributed by atoms with Crippen LogP contribution < -0.4 is 20.1 Å². The number of carbonyl (C=O) groups excluding carboxylic acids is 6. The molecule has 0 unspecified atom stereocenters. The maximum absolute atomic E-state index is 13.2. The molecule has 2 amide bonds. The van der Waals surface area contributed by atoms with Crippen molar-refractivity contribution in [3.05, 3.63) is 143 Å².